The molecule has 9 heteroatoms. The molecule has 4 saturated carbocycles. The predicted molar refractivity (Wildman–Crippen MR) is 130 cm³/mol. The van der Waals surface area contributed by atoms with Crippen LogP contribution in [0, 0.1) is 23.2 Å². The van der Waals surface area contributed by atoms with Crippen LogP contribution in [0.1, 0.15) is 66.2 Å². The van der Waals surface area contributed by atoms with Gasteiger partial charge in [0.25, 0.3) is 15.9 Å². The lowest BCUT2D eigenvalue weighted by Crippen LogP contribution is -2.56. The average Bonchev–Trinajstić information content (AvgIpc) is 2.81. The third-order valence-corrected chi connectivity index (χ3v) is 9.18. The van der Waals surface area contributed by atoms with E-state index in [1.807, 2.05) is 0 Å². The third-order valence-electron chi connectivity index (χ3n) is 7.78. The van der Waals surface area contributed by atoms with E-state index < -0.39 is 15.9 Å². The van der Waals surface area contributed by atoms with E-state index in [1.54, 1.807) is 0 Å². The largest absolute Gasteiger partial charge is 0.295 e. The topological polar surface area (TPSA) is 121 Å². The Kier molecular flexibility index (Phi) is 5.91. The van der Waals surface area contributed by atoms with Crippen LogP contribution >= 0.6 is 0 Å². The van der Waals surface area contributed by atoms with Crippen molar-refractivity contribution < 1.29 is 22.8 Å². The molecular formula is C26H29N3O5S. The van der Waals surface area contributed by atoms with Gasteiger partial charge in [0.2, 0.25) is 5.91 Å². The van der Waals surface area contributed by atoms with Crippen molar-refractivity contribution in [3.8, 4) is 0 Å². The molecule has 2 aromatic carbocycles. The molecule has 8 nitrogen and oxygen atoms in total. The van der Waals surface area contributed by atoms with Crippen molar-refractivity contribution in [3.63, 3.8) is 0 Å². The SMILES string of the molecule is CC(=O)c1ccc(S(=O)(=O)Nc2ccc(C(=O)NNC(=O)C34CC5CC(CC(C5)C3)C4)cc2)cc1. The first-order valence-corrected chi connectivity index (χ1v) is 13.5. The van der Waals surface area contributed by atoms with Crippen LogP contribution in [0.5, 0.6) is 0 Å². The third kappa shape index (κ3) is 4.69. The maximum atomic E-state index is 13.0. The Hall–Kier alpha value is -3.20. The fourth-order valence-electron chi connectivity index (χ4n) is 6.48. The molecule has 0 heterocycles. The van der Waals surface area contributed by atoms with Crippen molar-refractivity contribution in [1.82, 2.24) is 10.9 Å². The van der Waals surface area contributed by atoms with Crippen molar-refractivity contribution >= 4 is 33.3 Å². The molecule has 2 amide bonds. The summed E-state index contributed by atoms with van der Waals surface area (Å²) in [6, 6.07) is 11.6. The molecule has 0 unspecified atom stereocenters. The predicted octanol–water partition coefficient (Wildman–Crippen LogP) is 3.67. The summed E-state index contributed by atoms with van der Waals surface area (Å²) in [7, 11) is -3.85. The zero-order valence-corrected chi connectivity index (χ0v) is 20.4. The normalized spacial score (nSPS) is 26.7. The maximum Gasteiger partial charge on any atom is 0.269 e. The standard InChI is InChI=1S/C26H29N3O5S/c1-16(30)20-4-8-23(9-5-20)35(33,34)29-22-6-2-21(3-7-22)24(31)27-28-25(32)26-13-17-10-18(14-26)12-19(11-17)15-26/h2-9,17-19,29H,10-15H2,1H3,(H,27,31)(H,28,32). The minimum absolute atomic E-state index is 0.0247. The number of anilines is 1. The number of carbonyl (C=O) groups is 3. The van der Waals surface area contributed by atoms with Gasteiger partial charge in [-0.1, -0.05) is 12.1 Å². The van der Waals surface area contributed by atoms with Crippen molar-refractivity contribution in [1.29, 1.82) is 0 Å². The summed E-state index contributed by atoms with van der Waals surface area (Å²) < 4.78 is 27.7. The Labute approximate surface area is 204 Å². The average molecular weight is 496 g/mol. The zero-order valence-electron chi connectivity index (χ0n) is 19.5. The smallest absolute Gasteiger partial charge is 0.269 e. The summed E-state index contributed by atoms with van der Waals surface area (Å²) in [5.41, 5.74) is 5.83. The van der Waals surface area contributed by atoms with Crippen LogP contribution in [-0.2, 0) is 14.8 Å². The second-order valence-electron chi connectivity index (χ2n) is 10.4. The second kappa shape index (κ2) is 8.78. The van der Waals surface area contributed by atoms with Crippen LogP contribution in [0.2, 0.25) is 0 Å². The molecule has 0 radical (unpaired) electrons. The number of hydrazine groups is 1. The fraction of sp³-hybridized carbons (Fsp3) is 0.423. The van der Waals surface area contributed by atoms with Crippen LogP contribution in [-0.4, -0.2) is 26.0 Å². The molecule has 184 valence electrons. The van der Waals surface area contributed by atoms with Gasteiger partial charge in [0, 0.05) is 16.8 Å². The molecule has 0 saturated heterocycles. The van der Waals surface area contributed by atoms with Gasteiger partial charge in [-0.05, 0) is 99.6 Å². The Morgan fingerprint density at radius 3 is 1.80 bits per heavy atom. The number of benzene rings is 2. The van der Waals surface area contributed by atoms with Gasteiger partial charge in [-0.3, -0.25) is 30.0 Å². The number of amides is 2. The number of Topliss-reactive ketones (excluding diaryl/α,β-unsaturated/α-hetero) is 1. The van der Waals surface area contributed by atoms with Gasteiger partial charge in [-0.2, -0.15) is 0 Å². The first-order valence-electron chi connectivity index (χ1n) is 12.0. The summed E-state index contributed by atoms with van der Waals surface area (Å²) in [4.78, 5) is 37.0. The van der Waals surface area contributed by atoms with E-state index in [9.17, 15) is 22.8 Å². The number of hydrogen-bond acceptors (Lipinski definition) is 5. The van der Waals surface area contributed by atoms with Crippen molar-refractivity contribution in [2.45, 2.75) is 50.3 Å². The minimum atomic E-state index is -3.85. The molecule has 2 aromatic rings. The molecule has 0 spiro atoms. The number of nitrogens with one attached hydrogen (secondary N) is 3. The van der Waals surface area contributed by atoms with E-state index in [1.165, 1.54) is 74.7 Å². The molecule has 4 bridgehead atoms. The Morgan fingerprint density at radius 2 is 1.29 bits per heavy atom. The first kappa shape index (κ1) is 23.5. The second-order valence-corrected chi connectivity index (χ2v) is 12.1. The van der Waals surface area contributed by atoms with E-state index in [-0.39, 0.29) is 27.7 Å². The van der Waals surface area contributed by atoms with Crippen LogP contribution < -0.4 is 15.6 Å². The van der Waals surface area contributed by atoms with Crippen LogP contribution in [0.25, 0.3) is 0 Å². The summed E-state index contributed by atoms with van der Waals surface area (Å²) in [5.74, 6) is 1.19. The maximum absolute atomic E-state index is 13.0. The summed E-state index contributed by atoms with van der Waals surface area (Å²) >= 11 is 0. The van der Waals surface area contributed by atoms with Crippen molar-refractivity contribution in [2.24, 2.45) is 23.2 Å². The number of rotatable bonds is 6. The van der Waals surface area contributed by atoms with Gasteiger partial charge in [-0.25, -0.2) is 8.42 Å². The highest BCUT2D eigenvalue weighted by Crippen LogP contribution is 2.60. The lowest BCUT2D eigenvalue weighted by molar-refractivity contribution is -0.147. The van der Waals surface area contributed by atoms with Gasteiger partial charge in [0.15, 0.2) is 5.78 Å². The summed E-state index contributed by atoms with van der Waals surface area (Å²) in [6.07, 6.45) is 6.43. The first-order chi connectivity index (χ1) is 16.6. The zero-order chi connectivity index (χ0) is 24.8. The molecular weight excluding hydrogens is 466 g/mol. The summed E-state index contributed by atoms with van der Waals surface area (Å²) in [5, 5.41) is 0. The number of ketones is 1. The fourth-order valence-corrected chi connectivity index (χ4v) is 7.54. The van der Waals surface area contributed by atoms with E-state index in [2.05, 4.69) is 15.6 Å². The monoisotopic (exact) mass is 495 g/mol. The number of hydrogen-bond donors (Lipinski definition) is 3. The van der Waals surface area contributed by atoms with Crippen molar-refractivity contribution in [2.75, 3.05) is 4.72 Å². The lowest BCUT2D eigenvalue weighted by Gasteiger charge is -2.55. The van der Waals surface area contributed by atoms with Crippen LogP contribution in [0.4, 0.5) is 5.69 Å². The van der Waals surface area contributed by atoms with Gasteiger partial charge in [-0.15, -0.1) is 0 Å². The number of carbonyl (C=O) groups excluding carboxylic acids is 3. The highest BCUT2D eigenvalue weighted by Gasteiger charge is 2.54. The van der Waals surface area contributed by atoms with E-state index in [0.717, 1.165) is 19.3 Å². The molecule has 4 fully saturated rings. The Balaban J connectivity index is 1.18. The number of sulfonamides is 1. The van der Waals surface area contributed by atoms with Crippen LogP contribution in [0.3, 0.4) is 0 Å². The Morgan fingerprint density at radius 1 is 0.771 bits per heavy atom. The molecule has 0 aliphatic heterocycles. The lowest BCUT2D eigenvalue weighted by atomic mass is 9.49. The molecule has 35 heavy (non-hydrogen) atoms. The van der Waals surface area contributed by atoms with Gasteiger partial charge >= 0.3 is 0 Å². The Bertz CT molecular complexity index is 1230. The molecule has 4 aliphatic carbocycles. The van der Waals surface area contributed by atoms with E-state index >= 15 is 0 Å². The molecule has 6 rings (SSSR count). The highest BCUT2D eigenvalue weighted by atomic mass is 32.2. The quantitative estimate of drug-likeness (QED) is 0.417. The summed E-state index contributed by atoms with van der Waals surface area (Å²) in [6.45, 7) is 1.41. The molecule has 0 atom stereocenters. The highest BCUT2D eigenvalue weighted by molar-refractivity contribution is 7.92. The molecule has 3 N–H and O–H groups in total. The van der Waals surface area contributed by atoms with Gasteiger partial charge in [0.05, 0.1) is 10.3 Å². The molecule has 4 aliphatic rings. The van der Waals surface area contributed by atoms with Crippen LogP contribution in [0.15, 0.2) is 53.4 Å². The van der Waals surface area contributed by atoms with E-state index in [0.29, 0.717) is 28.9 Å². The van der Waals surface area contributed by atoms with Gasteiger partial charge < -0.3 is 0 Å². The minimum Gasteiger partial charge on any atom is -0.295 e. The molecule has 0 aromatic heterocycles. The van der Waals surface area contributed by atoms with E-state index in [4.69, 9.17) is 0 Å². The van der Waals surface area contributed by atoms with Crippen molar-refractivity contribution in [3.05, 3.63) is 59.7 Å². The van der Waals surface area contributed by atoms with Gasteiger partial charge in [0.1, 0.15) is 0 Å².